The number of unbranched alkanes of at least 4 members (excludes halogenated alkanes) is 4. The van der Waals surface area contributed by atoms with Crippen molar-refractivity contribution >= 4 is 28.2 Å². The van der Waals surface area contributed by atoms with Gasteiger partial charge in [-0.25, -0.2) is 4.79 Å². The van der Waals surface area contributed by atoms with Gasteiger partial charge in [0.2, 0.25) is 5.91 Å². The maximum absolute atomic E-state index is 12.1. The molecule has 1 aromatic rings. The Morgan fingerprint density at radius 3 is 2.41 bits per heavy atom. The van der Waals surface area contributed by atoms with Crippen molar-refractivity contribution in [1.82, 2.24) is 0 Å². The molecule has 124 valence electrons. The van der Waals surface area contributed by atoms with Crippen LogP contribution in [0.3, 0.4) is 0 Å². The summed E-state index contributed by atoms with van der Waals surface area (Å²) in [6.07, 6.45) is 6.82. The van der Waals surface area contributed by atoms with Crippen LogP contribution in [0.15, 0.2) is 0 Å². The maximum Gasteiger partial charge on any atom is 0.341 e. The molecular weight excluding hydrogens is 298 g/mol. The van der Waals surface area contributed by atoms with E-state index in [1.807, 2.05) is 13.8 Å². The standard InChI is InChI=1S/C17H27NO3S/c1-5-7-8-9-10-11-14(19)18-16-15(17(20)21-4)13(6-2)12(3)22-16/h5-11H2,1-4H3,(H,18,19). The fourth-order valence-electron chi connectivity index (χ4n) is 2.49. The van der Waals surface area contributed by atoms with Gasteiger partial charge < -0.3 is 10.1 Å². The average Bonchev–Trinajstić information content (AvgIpc) is 2.81. The van der Waals surface area contributed by atoms with Gasteiger partial charge in [-0.15, -0.1) is 11.3 Å². The van der Waals surface area contributed by atoms with Crippen molar-refractivity contribution in [3.8, 4) is 0 Å². The fraction of sp³-hybridized carbons (Fsp3) is 0.647. The van der Waals surface area contributed by atoms with Crippen LogP contribution in [0.1, 0.15) is 73.2 Å². The first-order chi connectivity index (χ1) is 10.5. The van der Waals surface area contributed by atoms with Crippen LogP contribution in [0.5, 0.6) is 0 Å². The van der Waals surface area contributed by atoms with Crippen LogP contribution in [-0.4, -0.2) is 19.0 Å². The second-order valence-electron chi connectivity index (χ2n) is 5.40. The van der Waals surface area contributed by atoms with Crippen LogP contribution in [-0.2, 0) is 16.0 Å². The monoisotopic (exact) mass is 325 g/mol. The molecule has 5 heteroatoms. The Balaban J connectivity index is 2.68. The molecule has 0 fully saturated rings. The van der Waals surface area contributed by atoms with E-state index in [9.17, 15) is 9.59 Å². The molecule has 0 aliphatic heterocycles. The first kappa shape index (κ1) is 18.7. The van der Waals surface area contributed by atoms with E-state index in [-0.39, 0.29) is 11.9 Å². The topological polar surface area (TPSA) is 55.4 Å². The van der Waals surface area contributed by atoms with Crippen LogP contribution < -0.4 is 5.32 Å². The number of hydrogen-bond donors (Lipinski definition) is 1. The van der Waals surface area contributed by atoms with Gasteiger partial charge in [0.1, 0.15) is 5.00 Å². The van der Waals surface area contributed by atoms with Crippen molar-refractivity contribution < 1.29 is 14.3 Å². The largest absolute Gasteiger partial charge is 0.465 e. The third kappa shape index (κ3) is 5.13. The first-order valence-corrected chi connectivity index (χ1v) is 8.87. The highest BCUT2D eigenvalue weighted by atomic mass is 32.1. The van der Waals surface area contributed by atoms with E-state index in [0.29, 0.717) is 17.0 Å². The molecule has 0 saturated heterocycles. The van der Waals surface area contributed by atoms with Crippen LogP contribution >= 0.6 is 11.3 Å². The molecule has 1 amide bonds. The lowest BCUT2D eigenvalue weighted by molar-refractivity contribution is -0.116. The van der Waals surface area contributed by atoms with Gasteiger partial charge in [0, 0.05) is 11.3 Å². The molecule has 0 atom stereocenters. The summed E-state index contributed by atoms with van der Waals surface area (Å²) in [6.45, 7) is 6.14. The third-order valence-corrected chi connectivity index (χ3v) is 4.78. The maximum atomic E-state index is 12.1. The minimum atomic E-state index is -0.376. The zero-order chi connectivity index (χ0) is 16.5. The van der Waals surface area contributed by atoms with Crippen molar-refractivity contribution in [1.29, 1.82) is 0 Å². The minimum Gasteiger partial charge on any atom is -0.465 e. The van der Waals surface area contributed by atoms with Crippen LogP contribution in [0.2, 0.25) is 0 Å². The summed E-state index contributed by atoms with van der Waals surface area (Å²) in [5, 5.41) is 3.52. The van der Waals surface area contributed by atoms with Gasteiger partial charge in [0.15, 0.2) is 0 Å². The Morgan fingerprint density at radius 1 is 1.14 bits per heavy atom. The number of methoxy groups -OCH3 is 1. The molecule has 22 heavy (non-hydrogen) atoms. The van der Waals surface area contributed by atoms with E-state index in [0.717, 1.165) is 29.7 Å². The number of carbonyl (C=O) groups excluding carboxylic acids is 2. The van der Waals surface area contributed by atoms with Crippen molar-refractivity contribution in [3.63, 3.8) is 0 Å². The summed E-state index contributed by atoms with van der Waals surface area (Å²) >= 11 is 1.45. The molecule has 4 nitrogen and oxygen atoms in total. The molecule has 0 aliphatic carbocycles. The van der Waals surface area contributed by atoms with Crippen LogP contribution in [0, 0.1) is 6.92 Å². The van der Waals surface area contributed by atoms with Crippen molar-refractivity contribution in [2.45, 2.75) is 65.7 Å². The molecule has 0 bridgehead atoms. The zero-order valence-corrected chi connectivity index (χ0v) is 14.9. The average molecular weight is 325 g/mol. The van der Waals surface area contributed by atoms with Crippen molar-refractivity contribution in [2.75, 3.05) is 12.4 Å². The van der Waals surface area contributed by atoms with Crippen molar-refractivity contribution in [2.24, 2.45) is 0 Å². The molecule has 1 aromatic heterocycles. The second-order valence-corrected chi connectivity index (χ2v) is 6.62. The SMILES string of the molecule is CCCCCCCC(=O)Nc1sc(C)c(CC)c1C(=O)OC. The molecule has 0 aliphatic rings. The number of nitrogens with one attached hydrogen (secondary N) is 1. The van der Waals surface area contributed by atoms with Gasteiger partial charge in [0.05, 0.1) is 12.7 Å². The molecule has 0 radical (unpaired) electrons. The highest BCUT2D eigenvalue weighted by Crippen LogP contribution is 2.34. The van der Waals surface area contributed by atoms with E-state index < -0.39 is 0 Å². The van der Waals surface area contributed by atoms with Gasteiger partial charge in [-0.1, -0.05) is 39.5 Å². The number of thiophene rings is 1. The van der Waals surface area contributed by atoms with E-state index in [4.69, 9.17) is 4.74 Å². The summed E-state index contributed by atoms with van der Waals surface area (Å²) in [5.41, 5.74) is 1.49. The number of ether oxygens (including phenoxy) is 1. The predicted octanol–water partition coefficient (Wildman–Crippen LogP) is 4.70. The number of esters is 1. The van der Waals surface area contributed by atoms with Crippen molar-refractivity contribution in [3.05, 3.63) is 16.0 Å². The third-order valence-electron chi connectivity index (χ3n) is 3.71. The normalized spacial score (nSPS) is 10.5. The Labute approximate surface area is 137 Å². The number of anilines is 1. The minimum absolute atomic E-state index is 0.0226. The quantitative estimate of drug-likeness (QED) is 0.528. The number of rotatable bonds is 9. The number of aryl methyl sites for hydroxylation is 1. The van der Waals surface area contributed by atoms with E-state index in [1.54, 1.807) is 0 Å². The lowest BCUT2D eigenvalue weighted by Gasteiger charge is -2.07. The summed E-state index contributed by atoms with van der Waals surface area (Å²) < 4.78 is 4.86. The van der Waals surface area contributed by atoms with Crippen LogP contribution in [0.4, 0.5) is 5.00 Å². The Kier molecular flexibility index (Phi) is 8.17. The van der Waals surface area contributed by atoms with Gasteiger partial charge in [-0.05, 0) is 25.3 Å². The van der Waals surface area contributed by atoms with E-state index >= 15 is 0 Å². The number of hydrogen-bond acceptors (Lipinski definition) is 4. The first-order valence-electron chi connectivity index (χ1n) is 8.05. The highest BCUT2D eigenvalue weighted by Gasteiger charge is 2.22. The summed E-state index contributed by atoms with van der Waals surface area (Å²) in [4.78, 5) is 25.1. The van der Waals surface area contributed by atoms with Gasteiger partial charge in [-0.2, -0.15) is 0 Å². The van der Waals surface area contributed by atoms with E-state index in [1.165, 1.54) is 37.7 Å². The zero-order valence-electron chi connectivity index (χ0n) is 14.1. The molecule has 0 unspecified atom stereocenters. The Bertz CT molecular complexity index is 508. The molecule has 0 saturated carbocycles. The molecule has 1 rings (SSSR count). The highest BCUT2D eigenvalue weighted by molar-refractivity contribution is 7.16. The molecule has 1 N–H and O–H groups in total. The van der Waals surface area contributed by atoms with Gasteiger partial charge in [-0.3, -0.25) is 4.79 Å². The smallest absolute Gasteiger partial charge is 0.341 e. The number of amides is 1. The lowest BCUT2D eigenvalue weighted by atomic mass is 10.1. The van der Waals surface area contributed by atoms with E-state index in [2.05, 4.69) is 12.2 Å². The Morgan fingerprint density at radius 2 is 1.82 bits per heavy atom. The predicted molar refractivity (Wildman–Crippen MR) is 91.8 cm³/mol. The molecular formula is C17H27NO3S. The lowest BCUT2D eigenvalue weighted by Crippen LogP contribution is -2.14. The second kappa shape index (κ2) is 9.62. The summed E-state index contributed by atoms with van der Waals surface area (Å²) in [7, 11) is 1.37. The molecule has 0 spiro atoms. The molecule has 1 heterocycles. The summed E-state index contributed by atoms with van der Waals surface area (Å²) in [5.74, 6) is -0.398. The molecule has 0 aromatic carbocycles. The fourth-order valence-corrected chi connectivity index (χ4v) is 3.64. The summed E-state index contributed by atoms with van der Waals surface area (Å²) in [6, 6.07) is 0. The van der Waals surface area contributed by atoms with Gasteiger partial charge in [0.25, 0.3) is 0 Å². The van der Waals surface area contributed by atoms with Crippen LogP contribution in [0.25, 0.3) is 0 Å². The Hall–Kier alpha value is -1.36. The van der Waals surface area contributed by atoms with Gasteiger partial charge >= 0.3 is 5.97 Å². The number of carbonyl (C=O) groups is 2.